The molecule has 5 nitrogen and oxygen atoms in total. The number of carbonyl (C=O) groups excluding carboxylic acids is 2. The van der Waals surface area contributed by atoms with Gasteiger partial charge in [-0.25, -0.2) is 0 Å². The van der Waals surface area contributed by atoms with Crippen LogP contribution in [0.2, 0.25) is 0 Å². The monoisotopic (exact) mass is 340 g/mol. The molecule has 0 aliphatic rings. The maximum atomic E-state index is 12.3. The Morgan fingerprint density at radius 1 is 0.920 bits per heavy atom. The van der Waals surface area contributed by atoms with Crippen LogP contribution in [0.1, 0.15) is 39.2 Å². The molecule has 1 atom stereocenters. The van der Waals surface area contributed by atoms with Gasteiger partial charge in [0.1, 0.15) is 5.75 Å². The Morgan fingerprint density at radius 2 is 1.56 bits per heavy atom. The number of anilines is 2. The second-order valence-corrected chi connectivity index (χ2v) is 6.24. The highest BCUT2D eigenvalue weighted by molar-refractivity contribution is 5.95. The largest absolute Gasteiger partial charge is 0.481 e. The van der Waals surface area contributed by atoms with Crippen LogP contribution in [0.25, 0.3) is 0 Å². The van der Waals surface area contributed by atoms with Crippen molar-refractivity contribution in [1.29, 1.82) is 0 Å². The minimum absolute atomic E-state index is 0.162. The van der Waals surface area contributed by atoms with Gasteiger partial charge in [-0.05, 0) is 48.7 Å². The van der Waals surface area contributed by atoms with E-state index in [2.05, 4.69) is 24.5 Å². The average Bonchev–Trinajstić information content (AvgIpc) is 2.54. The van der Waals surface area contributed by atoms with Crippen molar-refractivity contribution in [2.45, 2.75) is 39.7 Å². The highest BCUT2D eigenvalue weighted by Gasteiger charge is 2.15. The van der Waals surface area contributed by atoms with Gasteiger partial charge in [0, 0.05) is 18.3 Å². The van der Waals surface area contributed by atoms with Gasteiger partial charge < -0.3 is 15.4 Å². The Kier molecular flexibility index (Phi) is 6.17. The maximum Gasteiger partial charge on any atom is 0.265 e. The number of hydrogen-bond donors (Lipinski definition) is 2. The number of benzene rings is 2. The fraction of sp³-hybridized carbons (Fsp3) is 0.300. The van der Waals surface area contributed by atoms with Crippen molar-refractivity contribution in [3.05, 3.63) is 54.1 Å². The summed E-state index contributed by atoms with van der Waals surface area (Å²) < 4.78 is 5.75. The first-order chi connectivity index (χ1) is 11.8. The summed E-state index contributed by atoms with van der Waals surface area (Å²) in [5.74, 6) is 0.644. The summed E-state index contributed by atoms with van der Waals surface area (Å²) in [6.07, 6.45) is -0.646. The van der Waals surface area contributed by atoms with E-state index in [1.807, 2.05) is 24.3 Å². The Balaban J connectivity index is 2.01. The molecule has 2 amide bonds. The predicted molar refractivity (Wildman–Crippen MR) is 100.0 cm³/mol. The molecule has 132 valence electrons. The average molecular weight is 340 g/mol. The normalized spacial score (nSPS) is 11.7. The van der Waals surface area contributed by atoms with Gasteiger partial charge in [-0.2, -0.15) is 0 Å². The molecule has 2 rings (SSSR count). The first-order valence-corrected chi connectivity index (χ1v) is 8.30. The second-order valence-electron chi connectivity index (χ2n) is 6.24. The van der Waals surface area contributed by atoms with Gasteiger partial charge in [-0.3, -0.25) is 9.59 Å². The van der Waals surface area contributed by atoms with Gasteiger partial charge in [0.2, 0.25) is 5.91 Å². The second kappa shape index (κ2) is 8.33. The summed E-state index contributed by atoms with van der Waals surface area (Å²) in [4.78, 5) is 23.5. The van der Waals surface area contributed by atoms with E-state index in [4.69, 9.17) is 4.74 Å². The summed E-state index contributed by atoms with van der Waals surface area (Å²) >= 11 is 0. The summed E-state index contributed by atoms with van der Waals surface area (Å²) in [7, 11) is 0. The number of amides is 2. The summed E-state index contributed by atoms with van der Waals surface area (Å²) in [6, 6.07) is 14.7. The minimum atomic E-state index is -0.646. The number of rotatable bonds is 6. The minimum Gasteiger partial charge on any atom is -0.481 e. The van der Waals surface area contributed by atoms with Gasteiger partial charge in [0.15, 0.2) is 6.10 Å². The van der Waals surface area contributed by atoms with Crippen LogP contribution in [0.3, 0.4) is 0 Å². The third kappa shape index (κ3) is 5.64. The van der Waals surface area contributed by atoms with Crippen LogP contribution in [-0.2, 0) is 9.59 Å². The number of carbonyl (C=O) groups is 2. The predicted octanol–water partition coefficient (Wildman–Crippen LogP) is 4.17. The topological polar surface area (TPSA) is 67.4 Å². The molecule has 2 aromatic rings. The van der Waals surface area contributed by atoms with Gasteiger partial charge in [-0.15, -0.1) is 0 Å². The quantitative estimate of drug-likeness (QED) is 0.829. The third-order valence-corrected chi connectivity index (χ3v) is 3.66. The third-order valence-electron chi connectivity index (χ3n) is 3.66. The van der Waals surface area contributed by atoms with Gasteiger partial charge in [-0.1, -0.05) is 32.0 Å². The first kappa shape index (κ1) is 18.5. The molecule has 0 saturated carbocycles. The van der Waals surface area contributed by atoms with E-state index in [0.29, 0.717) is 23.0 Å². The molecule has 0 saturated heterocycles. The summed E-state index contributed by atoms with van der Waals surface area (Å²) in [5, 5.41) is 5.48. The highest BCUT2D eigenvalue weighted by Crippen LogP contribution is 2.21. The van der Waals surface area contributed by atoms with Crippen LogP contribution >= 0.6 is 0 Å². The standard InChI is InChI=1S/C20H24N2O3/c1-13(2)16-7-5-10-19(11-16)25-14(3)20(24)22-18-9-6-8-17(12-18)21-15(4)23/h5-14H,1-4H3,(H,21,23)(H,22,24). The molecular weight excluding hydrogens is 316 g/mol. The van der Waals surface area contributed by atoms with E-state index in [1.54, 1.807) is 31.2 Å². The highest BCUT2D eigenvalue weighted by atomic mass is 16.5. The van der Waals surface area contributed by atoms with E-state index >= 15 is 0 Å². The van der Waals surface area contributed by atoms with Crippen LogP contribution < -0.4 is 15.4 Å². The molecule has 0 aliphatic carbocycles. The molecule has 0 heterocycles. The Bertz CT molecular complexity index is 756. The SMILES string of the molecule is CC(=O)Nc1cccc(NC(=O)C(C)Oc2cccc(C(C)C)c2)c1. The molecule has 0 radical (unpaired) electrons. The van der Waals surface area contributed by atoms with Crippen molar-refractivity contribution in [3.63, 3.8) is 0 Å². The van der Waals surface area contributed by atoms with Crippen molar-refractivity contribution in [1.82, 2.24) is 0 Å². The van der Waals surface area contributed by atoms with Crippen molar-refractivity contribution >= 4 is 23.2 Å². The zero-order valence-electron chi connectivity index (χ0n) is 15.0. The fourth-order valence-corrected chi connectivity index (χ4v) is 2.33. The van der Waals surface area contributed by atoms with Crippen LogP contribution in [-0.4, -0.2) is 17.9 Å². The lowest BCUT2D eigenvalue weighted by atomic mass is 10.0. The van der Waals surface area contributed by atoms with E-state index in [0.717, 1.165) is 5.56 Å². The number of hydrogen-bond acceptors (Lipinski definition) is 3. The zero-order chi connectivity index (χ0) is 18.4. The molecule has 0 aromatic heterocycles. The smallest absolute Gasteiger partial charge is 0.265 e. The van der Waals surface area contributed by atoms with Crippen LogP contribution in [0.15, 0.2) is 48.5 Å². The Morgan fingerprint density at radius 3 is 2.20 bits per heavy atom. The lowest BCUT2D eigenvalue weighted by Crippen LogP contribution is -2.30. The summed E-state index contributed by atoms with van der Waals surface area (Å²) in [5.41, 5.74) is 2.39. The molecule has 1 unspecified atom stereocenters. The molecule has 25 heavy (non-hydrogen) atoms. The Hall–Kier alpha value is -2.82. The van der Waals surface area contributed by atoms with Crippen molar-refractivity contribution in [2.24, 2.45) is 0 Å². The molecule has 2 aromatic carbocycles. The summed E-state index contributed by atoms with van der Waals surface area (Å²) in [6.45, 7) is 7.36. The zero-order valence-corrected chi connectivity index (χ0v) is 15.0. The van der Waals surface area contributed by atoms with Gasteiger partial charge in [0.25, 0.3) is 5.91 Å². The van der Waals surface area contributed by atoms with Crippen molar-refractivity contribution < 1.29 is 14.3 Å². The molecule has 0 bridgehead atoms. The van der Waals surface area contributed by atoms with Crippen LogP contribution in [0.4, 0.5) is 11.4 Å². The maximum absolute atomic E-state index is 12.3. The lowest BCUT2D eigenvalue weighted by molar-refractivity contribution is -0.122. The van der Waals surface area contributed by atoms with E-state index in [1.165, 1.54) is 6.92 Å². The van der Waals surface area contributed by atoms with E-state index < -0.39 is 6.10 Å². The molecule has 2 N–H and O–H groups in total. The lowest BCUT2D eigenvalue weighted by Gasteiger charge is -2.16. The molecule has 5 heteroatoms. The number of nitrogens with one attached hydrogen (secondary N) is 2. The fourth-order valence-electron chi connectivity index (χ4n) is 2.33. The van der Waals surface area contributed by atoms with Crippen molar-refractivity contribution in [2.75, 3.05) is 10.6 Å². The van der Waals surface area contributed by atoms with Crippen LogP contribution in [0, 0.1) is 0 Å². The first-order valence-electron chi connectivity index (χ1n) is 8.30. The van der Waals surface area contributed by atoms with Gasteiger partial charge >= 0.3 is 0 Å². The molecule has 0 fully saturated rings. The van der Waals surface area contributed by atoms with Gasteiger partial charge in [0.05, 0.1) is 0 Å². The molecule has 0 spiro atoms. The molecular formula is C20H24N2O3. The van der Waals surface area contributed by atoms with Crippen LogP contribution in [0.5, 0.6) is 5.75 Å². The van der Waals surface area contributed by atoms with Crippen molar-refractivity contribution in [3.8, 4) is 5.75 Å². The van der Waals surface area contributed by atoms with E-state index in [9.17, 15) is 9.59 Å². The Labute approximate surface area is 148 Å². The number of ether oxygens (including phenoxy) is 1. The molecule has 0 aliphatic heterocycles. The van der Waals surface area contributed by atoms with E-state index in [-0.39, 0.29) is 11.8 Å².